The first-order valence-electron chi connectivity index (χ1n) is 8.93. The zero-order valence-electron chi connectivity index (χ0n) is 14.4. The molecule has 0 aromatic heterocycles. The summed E-state index contributed by atoms with van der Waals surface area (Å²) in [4.78, 5) is 1.39. The molecule has 1 heterocycles. The Balaban J connectivity index is 1.95. The summed E-state index contributed by atoms with van der Waals surface area (Å²) in [5.41, 5.74) is 2.82. The zero-order chi connectivity index (χ0) is 16.8. The van der Waals surface area contributed by atoms with Crippen molar-refractivity contribution in [2.75, 3.05) is 12.4 Å². The zero-order valence-corrected chi connectivity index (χ0v) is 15.2. The van der Waals surface area contributed by atoms with E-state index < -0.39 is 0 Å². The van der Waals surface area contributed by atoms with Crippen molar-refractivity contribution in [3.05, 3.63) is 65.7 Å². The molecule has 0 amide bonds. The third-order valence-corrected chi connectivity index (χ3v) is 6.44. The highest BCUT2D eigenvalue weighted by atomic mass is 32.2. The number of fused-ring (bicyclic) bond motifs is 1. The number of unbranched alkanes of at least 4 members (excludes halogenated alkanes) is 1. The fraction of sp³-hybridized carbons (Fsp3) is 0.429. The second-order valence-electron chi connectivity index (χ2n) is 6.63. The number of nitrogens with one attached hydrogen (secondary N) is 1. The predicted molar refractivity (Wildman–Crippen MR) is 103 cm³/mol. The quantitative estimate of drug-likeness (QED) is 0.742. The summed E-state index contributed by atoms with van der Waals surface area (Å²) < 4.78 is 0. The van der Waals surface area contributed by atoms with Crippen molar-refractivity contribution in [3.63, 3.8) is 0 Å². The van der Waals surface area contributed by atoms with Crippen LogP contribution in [0.1, 0.15) is 49.8 Å². The molecule has 3 heteroatoms. The maximum absolute atomic E-state index is 9.15. The van der Waals surface area contributed by atoms with Crippen molar-refractivity contribution in [2.45, 2.75) is 49.1 Å². The highest BCUT2D eigenvalue weighted by Crippen LogP contribution is 2.40. The molecular weight excluding hydrogens is 314 g/mol. The number of aliphatic hydroxyl groups is 1. The second kappa shape index (κ2) is 8.19. The van der Waals surface area contributed by atoms with E-state index in [1.165, 1.54) is 16.0 Å². The number of hydrogen-bond donors (Lipinski definition) is 2. The Bertz CT molecular complexity index is 645. The largest absolute Gasteiger partial charge is 0.396 e. The first-order valence-corrected chi connectivity index (χ1v) is 9.92. The van der Waals surface area contributed by atoms with E-state index in [0.29, 0.717) is 0 Å². The fourth-order valence-electron chi connectivity index (χ4n) is 3.50. The molecule has 2 atom stereocenters. The van der Waals surface area contributed by atoms with Gasteiger partial charge in [0.2, 0.25) is 0 Å². The van der Waals surface area contributed by atoms with Crippen molar-refractivity contribution in [2.24, 2.45) is 0 Å². The second-order valence-corrected chi connectivity index (χ2v) is 7.65. The molecule has 2 aromatic rings. The van der Waals surface area contributed by atoms with Crippen molar-refractivity contribution in [1.29, 1.82) is 0 Å². The molecule has 128 valence electrons. The molecule has 2 nitrogen and oxygen atoms in total. The molecule has 24 heavy (non-hydrogen) atoms. The van der Waals surface area contributed by atoms with Crippen LogP contribution in [0.25, 0.3) is 0 Å². The number of rotatable bonds is 6. The third-order valence-electron chi connectivity index (χ3n) is 5.06. The monoisotopic (exact) mass is 341 g/mol. The van der Waals surface area contributed by atoms with E-state index in [0.717, 1.165) is 31.4 Å². The van der Waals surface area contributed by atoms with Crippen LogP contribution in [0, 0.1) is 0 Å². The van der Waals surface area contributed by atoms with Gasteiger partial charge in [-0.15, -0.1) is 11.8 Å². The van der Waals surface area contributed by atoms with Gasteiger partial charge in [-0.3, -0.25) is 5.32 Å². The average Bonchev–Trinajstić information content (AvgIpc) is 2.81. The Morgan fingerprint density at radius 1 is 1.08 bits per heavy atom. The normalized spacial score (nSPS) is 23.5. The van der Waals surface area contributed by atoms with Gasteiger partial charge < -0.3 is 5.11 Å². The number of aliphatic hydroxyl groups excluding tert-OH is 1. The van der Waals surface area contributed by atoms with Crippen molar-refractivity contribution in [3.8, 4) is 0 Å². The molecule has 0 saturated heterocycles. The van der Waals surface area contributed by atoms with Crippen LogP contribution >= 0.6 is 11.8 Å². The molecule has 1 aliphatic heterocycles. The summed E-state index contributed by atoms with van der Waals surface area (Å²) in [6, 6.07) is 19.8. The molecule has 1 aliphatic rings. The van der Waals surface area contributed by atoms with Gasteiger partial charge in [-0.05, 0) is 42.9 Å². The summed E-state index contributed by atoms with van der Waals surface area (Å²) in [6.07, 6.45) is 4.16. The van der Waals surface area contributed by atoms with Gasteiger partial charge in [0.25, 0.3) is 0 Å². The molecule has 0 aliphatic carbocycles. The first kappa shape index (κ1) is 17.5. The minimum atomic E-state index is 0.110. The van der Waals surface area contributed by atoms with Gasteiger partial charge in [-0.1, -0.05) is 55.5 Å². The van der Waals surface area contributed by atoms with Crippen LogP contribution in [-0.4, -0.2) is 23.0 Å². The molecule has 0 saturated carbocycles. The van der Waals surface area contributed by atoms with Crippen molar-refractivity contribution in [1.82, 2.24) is 5.32 Å². The molecular formula is C21H27NOS. The van der Waals surface area contributed by atoms with Gasteiger partial charge in [0.05, 0.1) is 6.04 Å². The van der Waals surface area contributed by atoms with Crippen molar-refractivity contribution >= 4 is 11.8 Å². The van der Waals surface area contributed by atoms with Gasteiger partial charge >= 0.3 is 0 Å². The summed E-state index contributed by atoms with van der Waals surface area (Å²) in [6.45, 7) is 2.57. The maximum atomic E-state index is 9.15. The molecule has 2 aromatic carbocycles. The lowest BCUT2D eigenvalue weighted by Crippen LogP contribution is -2.48. The average molecular weight is 342 g/mol. The Kier molecular flexibility index (Phi) is 5.99. The highest BCUT2D eigenvalue weighted by molar-refractivity contribution is 7.99. The summed E-state index contributed by atoms with van der Waals surface area (Å²) in [5.74, 6) is 1.08. The van der Waals surface area contributed by atoms with Crippen LogP contribution in [0.2, 0.25) is 0 Å². The van der Waals surface area contributed by atoms with Crippen LogP contribution in [0.3, 0.4) is 0 Å². The molecule has 0 bridgehead atoms. The van der Waals surface area contributed by atoms with Gasteiger partial charge in [0.1, 0.15) is 0 Å². The lowest BCUT2D eigenvalue weighted by atomic mass is 9.88. The van der Waals surface area contributed by atoms with Gasteiger partial charge in [0, 0.05) is 22.8 Å². The van der Waals surface area contributed by atoms with E-state index in [1.807, 2.05) is 11.8 Å². The Morgan fingerprint density at radius 2 is 1.83 bits per heavy atom. The van der Waals surface area contributed by atoms with E-state index >= 15 is 0 Å². The molecule has 0 unspecified atom stereocenters. The van der Waals surface area contributed by atoms with Crippen LogP contribution in [0.5, 0.6) is 0 Å². The minimum absolute atomic E-state index is 0.110. The summed E-state index contributed by atoms with van der Waals surface area (Å²) >= 11 is 1.97. The van der Waals surface area contributed by atoms with Gasteiger partial charge in [-0.2, -0.15) is 0 Å². The molecule has 0 spiro atoms. The lowest BCUT2D eigenvalue weighted by Gasteiger charge is -2.36. The topological polar surface area (TPSA) is 32.3 Å². The Hall–Kier alpha value is -1.29. The van der Waals surface area contributed by atoms with Crippen LogP contribution < -0.4 is 5.32 Å². The molecule has 0 fully saturated rings. The molecule has 2 N–H and O–H groups in total. The standard InChI is InChI=1S/C21H27NOS/c1-2-21(14-8-9-15-23)16-24-19-13-7-6-12-18(19)20(22-21)17-10-4-3-5-11-17/h3-7,10-13,20,22-23H,2,8-9,14-16H2,1H3/t20-,21-/m0/s1. The summed E-state index contributed by atoms with van der Waals surface area (Å²) in [7, 11) is 0. The first-order chi connectivity index (χ1) is 11.8. The smallest absolute Gasteiger partial charge is 0.0592 e. The van der Waals surface area contributed by atoms with Crippen LogP contribution in [0.15, 0.2) is 59.5 Å². The number of hydrogen-bond acceptors (Lipinski definition) is 3. The Morgan fingerprint density at radius 3 is 2.58 bits per heavy atom. The lowest BCUT2D eigenvalue weighted by molar-refractivity contribution is 0.256. The van der Waals surface area contributed by atoms with E-state index in [1.54, 1.807) is 0 Å². The van der Waals surface area contributed by atoms with Crippen LogP contribution in [-0.2, 0) is 0 Å². The van der Waals surface area contributed by atoms with E-state index in [-0.39, 0.29) is 18.2 Å². The molecule has 0 radical (unpaired) electrons. The minimum Gasteiger partial charge on any atom is -0.396 e. The van der Waals surface area contributed by atoms with E-state index in [4.69, 9.17) is 5.11 Å². The highest BCUT2D eigenvalue weighted by Gasteiger charge is 2.35. The maximum Gasteiger partial charge on any atom is 0.0592 e. The number of benzene rings is 2. The van der Waals surface area contributed by atoms with E-state index in [9.17, 15) is 0 Å². The third kappa shape index (κ3) is 3.85. The van der Waals surface area contributed by atoms with Gasteiger partial charge in [-0.25, -0.2) is 0 Å². The van der Waals surface area contributed by atoms with Crippen molar-refractivity contribution < 1.29 is 5.11 Å². The Labute approximate surface area is 149 Å². The summed E-state index contributed by atoms with van der Waals surface area (Å²) in [5, 5.41) is 13.2. The van der Waals surface area contributed by atoms with Crippen LogP contribution in [0.4, 0.5) is 0 Å². The fourth-order valence-corrected chi connectivity index (χ4v) is 4.89. The van der Waals surface area contributed by atoms with Gasteiger partial charge in [0.15, 0.2) is 0 Å². The SMILES string of the molecule is CC[C@]1(CCCCO)CSc2ccccc2[C@H](c2ccccc2)N1. The number of thioether (sulfide) groups is 1. The van der Waals surface area contributed by atoms with E-state index in [2.05, 4.69) is 66.8 Å². The predicted octanol–water partition coefficient (Wildman–Crippen LogP) is 4.78. The molecule has 3 rings (SSSR count).